The van der Waals surface area contributed by atoms with Gasteiger partial charge in [-0.25, -0.2) is 9.97 Å². The zero-order chi connectivity index (χ0) is 19.1. The number of nitrogens with zero attached hydrogens (tertiary/aromatic N) is 4. The summed E-state index contributed by atoms with van der Waals surface area (Å²) in [5.74, 6) is 1.77. The Bertz CT molecular complexity index is 736. The standard InChI is InChI=1S/C21H30N6/c1-3-17-9-5-10-18(4-2)19(17)26-20(22)25-14-16-8-6-13-27(15-16)21-23-11-7-12-24-21/h5,7,9-12,16H,3-4,6,8,13-15H2,1-2H3,(H3,22,25,26). The topological polar surface area (TPSA) is 79.4 Å². The van der Waals surface area contributed by atoms with Gasteiger partial charge in [-0.1, -0.05) is 32.0 Å². The maximum absolute atomic E-state index is 6.22. The van der Waals surface area contributed by atoms with Crippen molar-refractivity contribution in [3.8, 4) is 0 Å². The fourth-order valence-corrected chi connectivity index (χ4v) is 3.65. The van der Waals surface area contributed by atoms with Gasteiger partial charge in [-0.15, -0.1) is 0 Å². The van der Waals surface area contributed by atoms with Crippen molar-refractivity contribution in [3.63, 3.8) is 0 Å². The van der Waals surface area contributed by atoms with Crippen LogP contribution in [0.1, 0.15) is 37.8 Å². The van der Waals surface area contributed by atoms with Crippen LogP contribution in [-0.4, -0.2) is 35.6 Å². The van der Waals surface area contributed by atoms with Crippen LogP contribution >= 0.6 is 0 Å². The molecule has 0 radical (unpaired) electrons. The highest BCUT2D eigenvalue weighted by atomic mass is 15.3. The number of guanidine groups is 1. The molecule has 2 heterocycles. The molecule has 3 N–H and O–H groups in total. The van der Waals surface area contributed by atoms with Crippen LogP contribution in [0.15, 0.2) is 41.7 Å². The Morgan fingerprint density at radius 3 is 2.56 bits per heavy atom. The van der Waals surface area contributed by atoms with Crippen molar-refractivity contribution < 1.29 is 0 Å². The average Bonchev–Trinajstić information content (AvgIpc) is 2.73. The quantitative estimate of drug-likeness (QED) is 0.606. The van der Waals surface area contributed by atoms with E-state index in [0.29, 0.717) is 11.9 Å². The highest BCUT2D eigenvalue weighted by molar-refractivity contribution is 5.93. The van der Waals surface area contributed by atoms with E-state index in [1.54, 1.807) is 12.4 Å². The van der Waals surface area contributed by atoms with E-state index in [9.17, 15) is 0 Å². The molecular formula is C21H30N6. The molecule has 0 saturated carbocycles. The van der Waals surface area contributed by atoms with Crippen molar-refractivity contribution in [3.05, 3.63) is 47.8 Å². The molecule has 1 aliphatic heterocycles. The van der Waals surface area contributed by atoms with Gasteiger partial charge in [0.1, 0.15) is 0 Å². The van der Waals surface area contributed by atoms with E-state index < -0.39 is 0 Å². The van der Waals surface area contributed by atoms with Crippen LogP contribution in [0.3, 0.4) is 0 Å². The minimum Gasteiger partial charge on any atom is -0.370 e. The number of para-hydroxylation sites is 1. The molecule has 1 aromatic heterocycles. The molecule has 6 nitrogen and oxygen atoms in total. The maximum atomic E-state index is 6.22. The summed E-state index contributed by atoms with van der Waals surface area (Å²) in [6, 6.07) is 8.25. The van der Waals surface area contributed by atoms with E-state index in [2.05, 4.69) is 57.2 Å². The van der Waals surface area contributed by atoms with E-state index >= 15 is 0 Å². The van der Waals surface area contributed by atoms with E-state index in [4.69, 9.17) is 5.73 Å². The van der Waals surface area contributed by atoms with Gasteiger partial charge in [0, 0.05) is 37.7 Å². The zero-order valence-corrected chi connectivity index (χ0v) is 16.4. The number of piperidine rings is 1. The molecule has 6 heteroatoms. The van der Waals surface area contributed by atoms with Gasteiger partial charge < -0.3 is 16.0 Å². The fraction of sp³-hybridized carbons (Fsp3) is 0.476. The molecule has 2 aromatic rings. The van der Waals surface area contributed by atoms with Crippen molar-refractivity contribution in [2.75, 3.05) is 29.9 Å². The third kappa shape index (κ3) is 4.96. The Balaban J connectivity index is 1.62. The number of nitrogens with two attached hydrogens (primary N) is 1. The Kier molecular flexibility index (Phi) is 6.63. The molecule has 0 spiro atoms. The Morgan fingerprint density at radius 1 is 1.19 bits per heavy atom. The first-order valence-corrected chi connectivity index (χ1v) is 9.90. The first-order valence-electron chi connectivity index (χ1n) is 9.90. The number of aryl methyl sites for hydroxylation is 2. The van der Waals surface area contributed by atoms with E-state index in [0.717, 1.165) is 57.0 Å². The maximum Gasteiger partial charge on any atom is 0.225 e. The number of nitrogens with one attached hydrogen (secondary N) is 1. The van der Waals surface area contributed by atoms with Crippen molar-refractivity contribution in [2.24, 2.45) is 16.6 Å². The molecule has 0 bridgehead atoms. The van der Waals surface area contributed by atoms with Crippen LogP contribution in [0.25, 0.3) is 0 Å². The van der Waals surface area contributed by atoms with Crippen LogP contribution in [0.2, 0.25) is 0 Å². The second-order valence-corrected chi connectivity index (χ2v) is 7.01. The summed E-state index contributed by atoms with van der Waals surface area (Å²) in [4.78, 5) is 15.6. The number of anilines is 2. The molecular weight excluding hydrogens is 336 g/mol. The average molecular weight is 367 g/mol. The minimum absolute atomic E-state index is 0.468. The van der Waals surface area contributed by atoms with Gasteiger partial charge >= 0.3 is 0 Å². The van der Waals surface area contributed by atoms with Crippen LogP contribution in [0, 0.1) is 5.92 Å². The second kappa shape index (κ2) is 9.35. The van der Waals surface area contributed by atoms with Gasteiger partial charge in [-0.3, -0.25) is 4.99 Å². The number of rotatable bonds is 6. The van der Waals surface area contributed by atoms with Crippen LogP contribution < -0.4 is 16.0 Å². The van der Waals surface area contributed by atoms with Gasteiger partial charge in [0.15, 0.2) is 5.96 Å². The molecule has 0 amide bonds. The molecule has 27 heavy (non-hydrogen) atoms. The lowest BCUT2D eigenvalue weighted by Gasteiger charge is -2.32. The Labute approximate surface area is 161 Å². The lowest BCUT2D eigenvalue weighted by molar-refractivity contribution is 0.420. The SMILES string of the molecule is CCc1cccc(CC)c1NC(N)=NCC1CCCN(c2ncccn2)C1. The predicted molar refractivity (Wildman–Crippen MR) is 112 cm³/mol. The van der Waals surface area contributed by atoms with E-state index in [1.165, 1.54) is 11.1 Å². The van der Waals surface area contributed by atoms with Gasteiger partial charge in [-0.05, 0) is 48.8 Å². The molecule has 1 saturated heterocycles. The zero-order valence-electron chi connectivity index (χ0n) is 16.4. The van der Waals surface area contributed by atoms with Gasteiger partial charge in [0.05, 0.1) is 0 Å². The fourth-order valence-electron chi connectivity index (χ4n) is 3.65. The van der Waals surface area contributed by atoms with E-state index in [-0.39, 0.29) is 0 Å². The highest BCUT2D eigenvalue weighted by Crippen LogP contribution is 2.23. The van der Waals surface area contributed by atoms with Gasteiger partial charge in [-0.2, -0.15) is 0 Å². The number of aliphatic imine (C=N–C) groups is 1. The third-order valence-electron chi connectivity index (χ3n) is 5.13. The highest BCUT2D eigenvalue weighted by Gasteiger charge is 2.21. The molecule has 144 valence electrons. The normalized spacial score (nSPS) is 17.8. The van der Waals surface area contributed by atoms with Crippen LogP contribution in [0.4, 0.5) is 11.6 Å². The van der Waals surface area contributed by atoms with Crippen molar-refractivity contribution in [1.29, 1.82) is 0 Å². The number of benzene rings is 1. The van der Waals surface area contributed by atoms with Crippen LogP contribution in [-0.2, 0) is 12.8 Å². The van der Waals surface area contributed by atoms with E-state index in [1.807, 2.05) is 6.07 Å². The lowest BCUT2D eigenvalue weighted by atomic mass is 9.98. The Hall–Kier alpha value is -2.63. The van der Waals surface area contributed by atoms with Gasteiger partial charge in [0.25, 0.3) is 0 Å². The summed E-state index contributed by atoms with van der Waals surface area (Å²) in [7, 11) is 0. The summed E-state index contributed by atoms with van der Waals surface area (Å²) < 4.78 is 0. The summed E-state index contributed by atoms with van der Waals surface area (Å²) in [6.07, 6.45) is 7.82. The molecule has 1 atom stereocenters. The monoisotopic (exact) mass is 366 g/mol. The predicted octanol–water partition coefficient (Wildman–Crippen LogP) is 3.24. The molecule has 1 unspecified atom stereocenters. The second-order valence-electron chi connectivity index (χ2n) is 7.01. The molecule has 1 fully saturated rings. The minimum atomic E-state index is 0.468. The molecule has 1 aromatic carbocycles. The first-order chi connectivity index (χ1) is 13.2. The summed E-state index contributed by atoms with van der Waals surface area (Å²) >= 11 is 0. The number of hydrogen-bond donors (Lipinski definition) is 2. The molecule has 1 aliphatic rings. The summed E-state index contributed by atoms with van der Waals surface area (Å²) in [6.45, 7) is 6.97. The smallest absolute Gasteiger partial charge is 0.225 e. The van der Waals surface area contributed by atoms with Crippen molar-refractivity contribution in [1.82, 2.24) is 9.97 Å². The lowest BCUT2D eigenvalue weighted by Crippen LogP contribution is -2.38. The summed E-state index contributed by atoms with van der Waals surface area (Å²) in [5, 5.41) is 3.35. The van der Waals surface area contributed by atoms with Gasteiger partial charge in [0.2, 0.25) is 5.95 Å². The Morgan fingerprint density at radius 2 is 1.89 bits per heavy atom. The third-order valence-corrected chi connectivity index (χ3v) is 5.13. The van der Waals surface area contributed by atoms with Crippen molar-refractivity contribution >= 4 is 17.6 Å². The molecule has 3 rings (SSSR count). The number of aromatic nitrogens is 2. The largest absolute Gasteiger partial charge is 0.370 e. The van der Waals surface area contributed by atoms with Crippen molar-refractivity contribution in [2.45, 2.75) is 39.5 Å². The number of hydrogen-bond acceptors (Lipinski definition) is 4. The first kappa shape index (κ1) is 19.1. The molecule has 0 aliphatic carbocycles. The summed E-state index contributed by atoms with van der Waals surface area (Å²) in [5.41, 5.74) is 9.88. The van der Waals surface area contributed by atoms with Crippen LogP contribution in [0.5, 0.6) is 0 Å².